The highest BCUT2D eigenvalue weighted by molar-refractivity contribution is 7.80. The standard InChI is InChI=1S/C18H26N4O4S/c1-4-25-18(24)21-17(27)20-15-8-6-5-7-14(15)19-16(23)11-22-9-12(2)26-13(3)10-22/h5-8,12-13H,4,9-11H2,1-3H3,(H,19,23)(H2,20,21,24,27)/t12-,13+. The van der Waals surface area contributed by atoms with Crippen molar-refractivity contribution in [2.75, 3.05) is 36.9 Å². The predicted octanol–water partition coefficient (Wildman–Crippen LogP) is 2.18. The number of hydrogen-bond acceptors (Lipinski definition) is 6. The lowest BCUT2D eigenvalue weighted by Gasteiger charge is -2.34. The fraction of sp³-hybridized carbons (Fsp3) is 0.500. The summed E-state index contributed by atoms with van der Waals surface area (Å²) in [6, 6.07) is 7.13. The Kier molecular flexibility index (Phi) is 7.96. The Hall–Kier alpha value is -2.23. The number of rotatable bonds is 5. The Labute approximate surface area is 164 Å². The molecule has 1 heterocycles. The van der Waals surface area contributed by atoms with Crippen LogP contribution >= 0.6 is 12.2 Å². The van der Waals surface area contributed by atoms with Crippen molar-refractivity contribution in [2.45, 2.75) is 33.0 Å². The number of benzene rings is 1. The molecule has 0 aromatic heterocycles. The van der Waals surface area contributed by atoms with E-state index in [1.807, 2.05) is 19.9 Å². The third-order valence-electron chi connectivity index (χ3n) is 3.80. The van der Waals surface area contributed by atoms with E-state index in [4.69, 9.17) is 21.7 Å². The molecule has 2 amide bonds. The molecule has 1 aromatic rings. The van der Waals surface area contributed by atoms with Gasteiger partial charge in [0.05, 0.1) is 36.7 Å². The van der Waals surface area contributed by atoms with E-state index in [0.717, 1.165) is 0 Å². The molecule has 9 heteroatoms. The summed E-state index contributed by atoms with van der Waals surface area (Å²) < 4.78 is 10.5. The number of nitrogens with one attached hydrogen (secondary N) is 3. The maximum Gasteiger partial charge on any atom is 0.413 e. The molecule has 1 saturated heterocycles. The number of amides is 2. The van der Waals surface area contributed by atoms with E-state index >= 15 is 0 Å². The quantitative estimate of drug-likeness (QED) is 0.659. The van der Waals surface area contributed by atoms with Gasteiger partial charge in [0.25, 0.3) is 0 Å². The summed E-state index contributed by atoms with van der Waals surface area (Å²) in [7, 11) is 0. The number of carbonyl (C=O) groups excluding carboxylic acids is 2. The second kappa shape index (κ2) is 10.2. The van der Waals surface area contributed by atoms with Crippen LogP contribution in [0.3, 0.4) is 0 Å². The highest BCUT2D eigenvalue weighted by Gasteiger charge is 2.23. The van der Waals surface area contributed by atoms with Crippen molar-refractivity contribution in [1.82, 2.24) is 10.2 Å². The van der Waals surface area contributed by atoms with Crippen molar-refractivity contribution in [3.8, 4) is 0 Å². The summed E-state index contributed by atoms with van der Waals surface area (Å²) >= 11 is 5.10. The van der Waals surface area contributed by atoms with Gasteiger partial charge in [-0.05, 0) is 45.1 Å². The lowest BCUT2D eigenvalue weighted by molar-refractivity contribution is -0.121. The first-order valence-corrected chi connectivity index (χ1v) is 9.29. The maximum absolute atomic E-state index is 12.5. The van der Waals surface area contributed by atoms with Crippen molar-refractivity contribution < 1.29 is 19.1 Å². The molecular formula is C18H26N4O4S. The first-order chi connectivity index (χ1) is 12.9. The van der Waals surface area contributed by atoms with Gasteiger partial charge in [0.1, 0.15) is 0 Å². The van der Waals surface area contributed by atoms with Crippen molar-refractivity contribution in [1.29, 1.82) is 0 Å². The molecule has 0 radical (unpaired) electrons. The zero-order chi connectivity index (χ0) is 19.8. The van der Waals surface area contributed by atoms with Crippen LogP contribution in [0, 0.1) is 0 Å². The van der Waals surface area contributed by atoms with Crippen LogP contribution in [0.15, 0.2) is 24.3 Å². The largest absolute Gasteiger partial charge is 0.450 e. The van der Waals surface area contributed by atoms with Crippen LogP contribution in [0.2, 0.25) is 0 Å². The fourth-order valence-corrected chi connectivity index (χ4v) is 3.11. The van der Waals surface area contributed by atoms with Crippen LogP contribution in [-0.4, -0.2) is 60.5 Å². The third kappa shape index (κ3) is 7.12. The molecule has 2 rings (SSSR count). The molecule has 8 nitrogen and oxygen atoms in total. The molecule has 0 unspecified atom stereocenters. The molecule has 1 aromatic carbocycles. The van der Waals surface area contributed by atoms with Gasteiger partial charge in [0.15, 0.2) is 5.11 Å². The lowest BCUT2D eigenvalue weighted by atomic mass is 10.2. The van der Waals surface area contributed by atoms with Crippen LogP contribution in [0.4, 0.5) is 16.2 Å². The monoisotopic (exact) mass is 394 g/mol. The maximum atomic E-state index is 12.5. The van der Waals surface area contributed by atoms with Gasteiger partial charge in [-0.2, -0.15) is 0 Å². The summed E-state index contributed by atoms with van der Waals surface area (Å²) in [5, 5.41) is 8.28. The molecule has 1 fully saturated rings. The van der Waals surface area contributed by atoms with Crippen molar-refractivity contribution >= 4 is 40.7 Å². The van der Waals surface area contributed by atoms with Crippen molar-refractivity contribution in [3.63, 3.8) is 0 Å². The Morgan fingerprint density at radius 2 is 1.78 bits per heavy atom. The van der Waals surface area contributed by atoms with Crippen molar-refractivity contribution in [3.05, 3.63) is 24.3 Å². The van der Waals surface area contributed by atoms with Gasteiger partial charge in [0.2, 0.25) is 5.91 Å². The predicted molar refractivity (Wildman–Crippen MR) is 108 cm³/mol. The zero-order valence-corrected chi connectivity index (χ0v) is 16.6. The minimum absolute atomic E-state index is 0.0889. The van der Waals surface area contributed by atoms with E-state index in [-0.39, 0.29) is 36.4 Å². The van der Waals surface area contributed by atoms with Gasteiger partial charge in [0, 0.05) is 13.1 Å². The van der Waals surface area contributed by atoms with Crippen LogP contribution in [0.25, 0.3) is 0 Å². The van der Waals surface area contributed by atoms with Gasteiger partial charge in [-0.25, -0.2) is 4.79 Å². The van der Waals surface area contributed by atoms with E-state index < -0.39 is 6.09 Å². The number of carbonyl (C=O) groups is 2. The number of thiocarbonyl (C=S) groups is 1. The molecule has 0 aliphatic carbocycles. The molecule has 0 saturated carbocycles. The highest BCUT2D eigenvalue weighted by atomic mass is 32.1. The van der Waals surface area contributed by atoms with Gasteiger partial charge >= 0.3 is 6.09 Å². The number of para-hydroxylation sites is 2. The fourth-order valence-electron chi connectivity index (χ4n) is 2.92. The Balaban J connectivity index is 1.93. The molecule has 148 valence electrons. The third-order valence-corrected chi connectivity index (χ3v) is 4.01. The van der Waals surface area contributed by atoms with E-state index in [1.54, 1.807) is 25.1 Å². The van der Waals surface area contributed by atoms with Gasteiger partial charge in [-0.1, -0.05) is 12.1 Å². The van der Waals surface area contributed by atoms with E-state index in [9.17, 15) is 9.59 Å². The number of ether oxygens (including phenoxy) is 2. The zero-order valence-electron chi connectivity index (χ0n) is 15.8. The second-order valence-corrected chi connectivity index (χ2v) is 6.75. The number of nitrogens with zero attached hydrogens (tertiary/aromatic N) is 1. The molecule has 0 bridgehead atoms. The SMILES string of the molecule is CCOC(=O)NC(=S)Nc1ccccc1NC(=O)CN1C[C@@H](C)O[C@@H](C)C1. The number of anilines is 2. The van der Waals surface area contributed by atoms with E-state index in [1.165, 1.54) is 0 Å². The molecule has 1 aliphatic heterocycles. The first kappa shape index (κ1) is 21.1. The van der Waals surface area contributed by atoms with Crippen LogP contribution < -0.4 is 16.0 Å². The van der Waals surface area contributed by atoms with E-state index in [2.05, 4.69) is 20.9 Å². The van der Waals surface area contributed by atoms with E-state index in [0.29, 0.717) is 24.5 Å². The molecule has 27 heavy (non-hydrogen) atoms. The Morgan fingerprint density at radius 1 is 1.19 bits per heavy atom. The van der Waals surface area contributed by atoms with Gasteiger partial charge in [-0.15, -0.1) is 0 Å². The van der Waals surface area contributed by atoms with Crippen molar-refractivity contribution in [2.24, 2.45) is 0 Å². The lowest BCUT2D eigenvalue weighted by Crippen LogP contribution is -2.48. The smallest absolute Gasteiger partial charge is 0.413 e. The van der Waals surface area contributed by atoms with Crippen LogP contribution in [0.5, 0.6) is 0 Å². The summed E-state index contributed by atoms with van der Waals surface area (Å²) in [5.41, 5.74) is 1.15. The van der Waals surface area contributed by atoms with Gasteiger partial charge in [-0.3, -0.25) is 15.0 Å². The Bertz CT molecular complexity index is 675. The molecule has 0 spiro atoms. The number of morpholine rings is 1. The topological polar surface area (TPSA) is 91.9 Å². The van der Waals surface area contributed by atoms with Gasteiger partial charge < -0.3 is 20.1 Å². The minimum Gasteiger partial charge on any atom is -0.450 e. The average molecular weight is 394 g/mol. The number of hydrogen-bond donors (Lipinski definition) is 3. The average Bonchev–Trinajstić information content (AvgIpc) is 2.55. The van der Waals surface area contributed by atoms with Crippen LogP contribution in [-0.2, 0) is 14.3 Å². The minimum atomic E-state index is -0.632. The second-order valence-electron chi connectivity index (χ2n) is 6.34. The molecule has 3 N–H and O–H groups in total. The summed E-state index contributed by atoms with van der Waals surface area (Å²) in [6.45, 7) is 7.65. The first-order valence-electron chi connectivity index (χ1n) is 8.88. The molecule has 2 atom stereocenters. The summed E-state index contributed by atoms with van der Waals surface area (Å²) in [4.78, 5) is 26.0. The molecular weight excluding hydrogens is 368 g/mol. The van der Waals surface area contributed by atoms with Crippen LogP contribution in [0.1, 0.15) is 20.8 Å². The molecule has 1 aliphatic rings. The summed E-state index contributed by atoms with van der Waals surface area (Å²) in [5.74, 6) is -0.130. The Morgan fingerprint density at radius 3 is 2.37 bits per heavy atom. The highest BCUT2D eigenvalue weighted by Crippen LogP contribution is 2.21. The normalized spacial score (nSPS) is 19.8. The summed E-state index contributed by atoms with van der Waals surface area (Å²) in [6.07, 6.45) is -0.435. The number of alkyl carbamates (subject to hydrolysis) is 1.